The number of primary amides is 1. The summed E-state index contributed by atoms with van der Waals surface area (Å²) < 4.78 is 5.52. The molecule has 28 heavy (non-hydrogen) atoms. The van der Waals surface area contributed by atoms with E-state index in [4.69, 9.17) is 10.5 Å². The highest BCUT2D eigenvalue weighted by molar-refractivity contribution is 5.98. The van der Waals surface area contributed by atoms with Gasteiger partial charge in [-0.15, -0.1) is 0 Å². The maximum absolute atomic E-state index is 13.6. The van der Waals surface area contributed by atoms with Gasteiger partial charge >= 0.3 is 0 Å². The van der Waals surface area contributed by atoms with Gasteiger partial charge in [-0.2, -0.15) is 0 Å². The van der Waals surface area contributed by atoms with E-state index in [1.807, 2.05) is 30.3 Å². The molecule has 0 aliphatic carbocycles. The van der Waals surface area contributed by atoms with Crippen LogP contribution in [0.2, 0.25) is 0 Å². The van der Waals surface area contributed by atoms with E-state index in [0.29, 0.717) is 30.5 Å². The van der Waals surface area contributed by atoms with Crippen LogP contribution in [0.3, 0.4) is 0 Å². The predicted molar refractivity (Wildman–Crippen MR) is 103 cm³/mol. The van der Waals surface area contributed by atoms with E-state index < -0.39 is 17.9 Å². The lowest BCUT2D eigenvalue weighted by Gasteiger charge is -2.28. The molecule has 6 nitrogen and oxygen atoms in total. The molecule has 2 fully saturated rings. The number of nitrogens with zero attached hydrogens (tertiary/aromatic N) is 1. The number of Topliss-reactive ketones (excluding diaryl/α,β-unsaturated/α-hetero) is 1. The number of carbonyl (C=O) groups excluding carboxylic acids is 3. The molecule has 2 N–H and O–H groups in total. The Morgan fingerprint density at radius 2 is 1.82 bits per heavy atom. The number of likely N-dealkylation sites (tertiary alicyclic amines) is 1. The number of hydrogen-bond donors (Lipinski definition) is 1. The Balaban J connectivity index is 1.72. The zero-order valence-electron chi connectivity index (χ0n) is 15.4. The molecule has 2 amide bonds. The Labute approximate surface area is 163 Å². The number of rotatable bonds is 5. The van der Waals surface area contributed by atoms with Gasteiger partial charge in [0.2, 0.25) is 11.8 Å². The highest BCUT2D eigenvalue weighted by atomic mass is 16.5. The van der Waals surface area contributed by atoms with Crippen molar-refractivity contribution < 1.29 is 19.1 Å². The largest absolute Gasteiger partial charge is 0.368 e. The second-order valence-electron chi connectivity index (χ2n) is 7.27. The number of benzene rings is 2. The van der Waals surface area contributed by atoms with Crippen molar-refractivity contribution >= 4 is 17.6 Å². The number of carbonyl (C=O) groups is 3. The maximum Gasteiger partial charge on any atom is 0.249 e. The van der Waals surface area contributed by atoms with Gasteiger partial charge in [-0.25, -0.2) is 0 Å². The zero-order valence-corrected chi connectivity index (χ0v) is 15.4. The zero-order chi connectivity index (χ0) is 19.7. The third-order valence-corrected chi connectivity index (χ3v) is 5.58. The van der Waals surface area contributed by atoms with E-state index in [9.17, 15) is 14.4 Å². The van der Waals surface area contributed by atoms with E-state index in [1.54, 1.807) is 29.2 Å². The summed E-state index contributed by atoms with van der Waals surface area (Å²) in [6.07, 6.45) is 0.852. The van der Waals surface area contributed by atoms with Gasteiger partial charge in [-0.05, 0) is 30.0 Å². The van der Waals surface area contributed by atoms with E-state index in [-0.39, 0.29) is 24.4 Å². The van der Waals surface area contributed by atoms with Gasteiger partial charge in [0, 0.05) is 12.1 Å². The molecule has 0 spiro atoms. The fourth-order valence-corrected chi connectivity index (χ4v) is 4.25. The molecule has 2 saturated heterocycles. The lowest BCUT2D eigenvalue weighted by atomic mass is 9.87. The Morgan fingerprint density at radius 3 is 2.57 bits per heavy atom. The van der Waals surface area contributed by atoms with E-state index >= 15 is 0 Å². The summed E-state index contributed by atoms with van der Waals surface area (Å²) >= 11 is 0. The Kier molecular flexibility index (Phi) is 4.96. The first kappa shape index (κ1) is 18.4. The Hall–Kier alpha value is -2.99. The molecule has 0 bridgehead atoms. The normalized spacial score (nSPS) is 22.1. The summed E-state index contributed by atoms with van der Waals surface area (Å²) in [6.45, 7) is 0.532. The number of fused-ring (bicyclic) bond motifs is 1. The van der Waals surface area contributed by atoms with Gasteiger partial charge in [0.25, 0.3) is 0 Å². The summed E-state index contributed by atoms with van der Waals surface area (Å²) in [7, 11) is 0. The lowest BCUT2D eigenvalue weighted by Crippen LogP contribution is -2.44. The van der Waals surface area contributed by atoms with Crippen molar-refractivity contribution in [2.24, 2.45) is 5.73 Å². The van der Waals surface area contributed by atoms with Crippen molar-refractivity contribution in [1.82, 2.24) is 4.90 Å². The fourth-order valence-electron chi connectivity index (χ4n) is 4.25. The second kappa shape index (κ2) is 7.56. The van der Waals surface area contributed by atoms with Crippen molar-refractivity contribution in [2.45, 2.75) is 30.9 Å². The lowest BCUT2D eigenvalue weighted by molar-refractivity contribution is -0.137. The van der Waals surface area contributed by atoms with E-state index in [1.165, 1.54) is 0 Å². The molecule has 0 radical (unpaired) electrons. The summed E-state index contributed by atoms with van der Waals surface area (Å²) in [6, 6.07) is 16.0. The van der Waals surface area contributed by atoms with Gasteiger partial charge in [0.15, 0.2) is 5.78 Å². The molecule has 2 aliphatic rings. The van der Waals surface area contributed by atoms with Crippen LogP contribution < -0.4 is 5.73 Å². The van der Waals surface area contributed by atoms with Crippen molar-refractivity contribution in [3.05, 3.63) is 71.3 Å². The van der Waals surface area contributed by atoms with Crippen LogP contribution >= 0.6 is 0 Å². The molecule has 144 valence electrons. The van der Waals surface area contributed by atoms with Crippen LogP contribution in [0, 0.1) is 0 Å². The first-order valence-corrected chi connectivity index (χ1v) is 9.43. The molecule has 0 aromatic heterocycles. The van der Waals surface area contributed by atoms with Gasteiger partial charge in [-0.1, -0.05) is 48.5 Å². The number of ketones is 1. The number of nitrogens with two attached hydrogens (primary N) is 1. The van der Waals surface area contributed by atoms with Gasteiger partial charge in [0.1, 0.15) is 12.6 Å². The third-order valence-electron chi connectivity index (χ3n) is 5.58. The summed E-state index contributed by atoms with van der Waals surface area (Å²) in [5, 5.41) is 0. The van der Waals surface area contributed by atoms with Crippen molar-refractivity contribution in [3.63, 3.8) is 0 Å². The SMILES string of the molecule is NC(=O)c1ccccc1C(Cc1ccccc1)C(=O)N1CCC2OCC(=O)C21. The first-order valence-electron chi connectivity index (χ1n) is 9.43. The summed E-state index contributed by atoms with van der Waals surface area (Å²) in [5.41, 5.74) is 7.48. The molecule has 4 rings (SSSR count). The topological polar surface area (TPSA) is 89.7 Å². The summed E-state index contributed by atoms with van der Waals surface area (Å²) in [4.78, 5) is 39.5. The molecular formula is C22H22N2O4. The monoisotopic (exact) mass is 378 g/mol. The van der Waals surface area contributed by atoms with Gasteiger partial charge in [0.05, 0.1) is 12.0 Å². The van der Waals surface area contributed by atoms with Crippen molar-refractivity contribution in [2.75, 3.05) is 13.2 Å². The van der Waals surface area contributed by atoms with Crippen LogP contribution in [0.1, 0.15) is 33.8 Å². The van der Waals surface area contributed by atoms with Crippen molar-refractivity contribution in [3.8, 4) is 0 Å². The highest BCUT2D eigenvalue weighted by Gasteiger charge is 2.48. The first-order chi connectivity index (χ1) is 13.6. The molecule has 3 atom stereocenters. The molecule has 3 unspecified atom stereocenters. The maximum atomic E-state index is 13.6. The minimum absolute atomic E-state index is 0.0559. The average Bonchev–Trinajstić information content (AvgIpc) is 3.29. The number of amides is 2. The van der Waals surface area contributed by atoms with Crippen LogP contribution in [-0.2, 0) is 20.7 Å². The molecule has 2 aromatic carbocycles. The fraction of sp³-hybridized carbons (Fsp3) is 0.318. The standard InChI is InChI=1S/C22H22N2O4/c23-21(26)16-9-5-4-8-15(16)17(12-14-6-2-1-3-7-14)22(27)24-11-10-19-20(24)18(25)13-28-19/h1-9,17,19-20H,10-13H2,(H2,23,26). The van der Waals surface area contributed by atoms with Crippen LogP contribution in [0.25, 0.3) is 0 Å². The van der Waals surface area contributed by atoms with Crippen LogP contribution in [0.4, 0.5) is 0 Å². The quantitative estimate of drug-likeness (QED) is 0.857. The van der Waals surface area contributed by atoms with Crippen LogP contribution in [0.15, 0.2) is 54.6 Å². The van der Waals surface area contributed by atoms with Crippen molar-refractivity contribution in [1.29, 1.82) is 0 Å². The molecule has 0 saturated carbocycles. The Bertz CT molecular complexity index is 912. The van der Waals surface area contributed by atoms with Crippen LogP contribution in [0.5, 0.6) is 0 Å². The minimum atomic E-state index is -0.599. The predicted octanol–water partition coefficient (Wildman–Crippen LogP) is 1.68. The average molecular weight is 378 g/mol. The second-order valence-corrected chi connectivity index (χ2v) is 7.27. The van der Waals surface area contributed by atoms with Gasteiger partial charge in [-0.3, -0.25) is 14.4 Å². The number of ether oxygens (including phenoxy) is 1. The van der Waals surface area contributed by atoms with Crippen LogP contribution in [-0.4, -0.2) is 47.8 Å². The molecular weight excluding hydrogens is 356 g/mol. The summed E-state index contributed by atoms with van der Waals surface area (Å²) in [5.74, 6) is -1.39. The highest BCUT2D eigenvalue weighted by Crippen LogP contribution is 2.33. The molecule has 2 aliphatic heterocycles. The van der Waals surface area contributed by atoms with E-state index in [2.05, 4.69) is 0 Å². The molecule has 2 aromatic rings. The smallest absolute Gasteiger partial charge is 0.249 e. The van der Waals surface area contributed by atoms with E-state index in [0.717, 1.165) is 5.56 Å². The molecule has 6 heteroatoms. The van der Waals surface area contributed by atoms with Gasteiger partial charge < -0.3 is 15.4 Å². The Morgan fingerprint density at radius 1 is 1.11 bits per heavy atom. The minimum Gasteiger partial charge on any atom is -0.368 e. The number of hydrogen-bond acceptors (Lipinski definition) is 4. The third kappa shape index (κ3) is 3.31. The molecule has 2 heterocycles.